The van der Waals surface area contributed by atoms with E-state index in [9.17, 15) is 14.9 Å². The monoisotopic (exact) mass is 370 g/mol. The number of anilines is 1. The molecule has 0 atom stereocenters. The standard InChI is InChI=1S/C16H10N4O3S2/c1-8-17-13-12(24-8)6-5-11-14(13)25-16(18-11)19-15(21)9-3-2-4-10(7-9)20(22)23/h2-7H,1H3,(H,18,19,21). The van der Waals surface area contributed by atoms with Crippen LogP contribution in [-0.4, -0.2) is 20.8 Å². The number of non-ortho nitro benzene ring substituents is 1. The second kappa shape index (κ2) is 5.87. The van der Waals surface area contributed by atoms with Gasteiger partial charge in [-0.2, -0.15) is 0 Å². The van der Waals surface area contributed by atoms with Crippen LogP contribution in [0.25, 0.3) is 20.4 Å². The highest BCUT2D eigenvalue weighted by Gasteiger charge is 2.15. The number of rotatable bonds is 3. The zero-order valence-electron chi connectivity index (χ0n) is 12.8. The van der Waals surface area contributed by atoms with Crippen LogP contribution in [0.2, 0.25) is 0 Å². The van der Waals surface area contributed by atoms with Crippen LogP contribution in [0.3, 0.4) is 0 Å². The lowest BCUT2D eigenvalue weighted by Gasteiger charge is -2.01. The number of aromatic nitrogens is 2. The van der Waals surface area contributed by atoms with Crippen LogP contribution in [0, 0.1) is 17.0 Å². The highest BCUT2D eigenvalue weighted by atomic mass is 32.1. The second-order valence-electron chi connectivity index (χ2n) is 5.27. The predicted octanol–water partition coefficient (Wildman–Crippen LogP) is 4.37. The molecule has 0 radical (unpaired) electrons. The summed E-state index contributed by atoms with van der Waals surface area (Å²) in [7, 11) is 0. The highest BCUT2D eigenvalue weighted by Crippen LogP contribution is 2.34. The zero-order valence-corrected chi connectivity index (χ0v) is 14.5. The molecule has 0 fully saturated rings. The number of thiazole rings is 2. The van der Waals surface area contributed by atoms with E-state index in [0.29, 0.717) is 5.13 Å². The largest absolute Gasteiger partial charge is 0.298 e. The highest BCUT2D eigenvalue weighted by molar-refractivity contribution is 7.24. The summed E-state index contributed by atoms with van der Waals surface area (Å²) in [5.41, 5.74) is 1.73. The van der Waals surface area contributed by atoms with Gasteiger partial charge in [0.1, 0.15) is 5.52 Å². The van der Waals surface area contributed by atoms with Gasteiger partial charge in [0.05, 0.1) is 24.8 Å². The number of carbonyl (C=O) groups is 1. The normalized spacial score (nSPS) is 11.1. The number of carbonyl (C=O) groups excluding carboxylic acids is 1. The molecule has 4 aromatic rings. The molecule has 25 heavy (non-hydrogen) atoms. The van der Waals surface area contributed by atoms with E-state index in [1.807, 2.05) is 19.1 Å². The van der Waals surface area contributed by atoms with Crippen LogP contribution >= 0.6 is 22.7 Å². The van der Waals surface area contributed by atoms with Gasteiger partial charge in [-0.3, -0.25) is 20.2 Å². The average molecular weight is 370 g/mol. The number of nitro groups is 1. The van der Waals surface area contributed by atoms with E-state index >= 15 is 0 Å². The fourth-order valence-electron chi connectivity index (χ4n) is 2.47. The van der Waals surface area contributed by atoms with Gasteiger partial charge in [0.25, 0.3) is 11.6 Å². The summed E-state index contributed by atoms with van der Waals surface area (Å²) >= 11 is 2.95. The van der Waals surface area contributed by atoms with Crippen molar-refractivity contribution in [2.75, 3.05) is 5.32 Å². The summed E-state index contributed by atoms with van der Waals surface area (Å²) in [6.45, 7) is 1.95. The van der Waals surface area contributed by atoms with Crippen molar-refractivity contribution >= 4 is 59.8 Å². The number of hydrogen-bond donors (Lipinski definition) is 1. The van der Waals surface area contributed by atoms with Crippen molar-refractivity contribution in [2.45, 2.75) is 6.92 Å². The topological polar surface area (TPSA) is 98.0 Å². The Balaban J connectivity index is 1.68. The summed E-state index contributed by atoms with van der Waals surface area (Å²) in [6.07, 6.45) is 0. The van der Waals surface area contributed by atoms with Crippen LogP contribution < -0.4 is 5.32 Å². The van der Waals surface area contributed by atoms with Gasteiger partial charge < -0.3 is 0 Å². The van der Waals surface area contributed by atoms with E-state index in [2.05, 4.69) is 15.3 Å². The molecule has 2 aromatic carbocycles. The maximum atomic E-state index is 12.4. The molecule has 0 saturated heterocycles. The van der Waals surface area contributed by atoms with Gasteiger partial charge >= 0.3 is 0 Å². The van der Waals surface area contributed by atoms with E-state index in [1.54, 1.807) is 11.3 Å². The molecule has 0 spiro atoms. The Hall–Kier alpha value is -2.91. The molecule has 0 saturated carbocycles. The van der Waals surface area contributed by atoms with E-state index in [1.165, 1.54) is 35.6 Å². The molecule has 0 aliphatic rings. The third-order valence-corrected chi connectivity index (χ3v) is 5.49. The van der Waals surface area contributed by atoms with Crippen LogP contribution in [0.4, 0.5) is 10.8 Å². The van der Waals surface area contributed by atoms with Crippen molar-refractivity contribution in [1.29, 1.82) is 0 Å². The maximum absolute atomic E-state index is 12.4. The lowest BCUT2D eigenvalue weighted by Crippen LogP contribution is -2.11. The number of amides is 1. The molecule has 0 aliphatic carbocycles. The maximum Gasteiger partial charge on any atom is 0.270 e. The molecule has 9 heteroatoms. The van der Waals surface area contributed by atoms with Crippen LogP contribution in [0.1, 0.15) is 15.4 Å². The van der Waals surface area contributed by atoms with Gasteiger partial charge in [0, 0.05) is 17.7 Å². The van der Waals surface area contributed by atoms with Gasteiger partial charge in [-0.1, -0.05) is 17.4 Å². The van der Waals surface area contributed by atoms with E-state index in [-0.39, 0.29) is 11.3 Å². The Bertz CT molecular complexity index is 1150. The molecule has 124 valence electrons. The van der Waals surface area contributed by atoms with E-state index < -0.39 is 10.8 Å². The number of nitrogens with zero attached hydrogens (tertiary/aromatic N) is 3. The number of nitrogens with one attached hydrogen (secondary N) is 1. The van der Waals surface area contributed by atoms with Gasteiger partial charge in [0.2, 0.25) is 0 Å². The first-order chi connectivity index (χ1) is 12.0. The Labute approximate surface area is 149 Å². The van der Waals surface area contributed by atoms with E-state index in [4.69, 9.17) is 0 Å². The Morgan fingerprint density at radius 1 is 1.20 bits per heavy atom. The molecule has 7 nitrogen and oxygen atoms in total. The minimum Gasteiger partial charge on any atom is -0.298 e. The van der Waals surface area contributed by atoms with Gasteiger partial charge in [-0.25, -0.2) is 9.97 Å². The second-order valence-corrected chi connectivity index (χ2v) is 7.51. The first kappa shape index (κ1) is 15.6. The third-order valence-electron chi connectivity index (χ3n) is 3.56. The molecule has 4 rings (SSSR count). The van der Waals surface area contributed by atoms with Gasteiger partial charge in [-0.15, -0.1) is 11.3 Å². The fourth-order valence-corrected chi connectivity index (χ4v) is 4.32. The number of fused-ring (bicyclic) bond motifs is 3. The minimum atomic E-state index is -0.532. The zero-order chi connectivity index (χ0) is 17.6. The molecule has 2 aromatic heterocycles. The van der Waals surface area contributed by atoms with Crippen molar-refractivity contribution < 1.29 is 9.72 Å². The Kier molecular flexibility index (Phi) is 3.66. The first-order valence-corrected chi connectivity index (χ1v) is 8.87. The molecule has 0 aliphatic heterocycles. The Morgan fingerprint density at radius 3 is 2.84 bits per heavy atom. The molecule has 0 bridgehead atoms. The SMILES string of the molecule is Cc1nc2c(ccc3nc(NC(=O)c4cccc([N+](=O)[O-])c4)sc32)s1. The van der Waals surface area contributed by atoms with Crippen molar-refractivity contribution in [3.8, 4) is 0 Å². The lowest BCUT2D eigenvalue weighted by molar-refractivity contribution is -0.384. The molecular weight excluding hydrogens is 360 g/mol. The molecule has 1 N–H and O–H groups in total. The quantitative estimate of drug-likeness (QED) is 0.426. The predicted molar refractivity (Wildman–Crippen MR) is 98.6 cm³/mol. The Morgan fingerprint density at radius 2 is 2.04 bits per heavy atom. The molecule has 2 heterocycles. The van der Waals surface area contributed by atoms with Crippen molar-refractivity contribution in [2.24, 2.45) is 0 Å². The summed E-state index contributed by atoms with van der Waals surface area (Å²) in [6, 6.07) is 9.45. The summed E-state index contributed by atoms with van der Waals surface area (Å²) < 4.78 is 1.99. The average Bonchev–Trinajstić information content (AvgIpc) is 3.16. The van der Waals surface area contributed by atoms with Gasteiger partial charge in [0.15, 0.2) is 5.13 Å². The number of aryl methyl sites for hydroxylation is 1. The van der Waals surface area contributed by atoms with Gasteiger partial charge in [-0.05, 0) is 25.1 Å². The molecule has 0 unspecified atom stereocenters. The number of benzene rings is 2. The van der Waals surface area contributed by atoms with Crippen molar-refractivity contribution in [3.63, 3.8) is 0 Å². The van der Waals surface area contributed by atoms with E-state index in [0.717, 1.165) is 25.4 Å². The van der Waals surface area contributed by atoms with Crippen molar-refractivity contribution in [3.05, 3.63) is 57.1 Å². The van der Waals surface area contributed by atoms with Crippen LogP contribution in [0.5, 0.6) is 0 Å². The summed E-state index contributed by atoms with van der Waals surface area (Å²) in [5, 5.41) is 14.9. The van der Waals surface area contributed by atoms with Crippen LogP contribution in [-0.2, 0) is 0 Å². The lowest BCUT2D eigenvalue weighted by atomic mass is 10.2. The van der Waals surface area contributed by atoms with Crippen LogP contribution in [0.15, 0.2) is 36.4 Å². The number of hydrogen-bond acceptors (Lipinski definition) is 7. The minimum absolute atomic E-state index is 0.128. The third kappa shape index (κ3) is 2.83. The smallest absolute Gasteiger partial charge is 0.270 e. The first-order valence-electron chi connectivity index (χ1n) is 7.24. The molecular formula is C16H10N4O3S2. The van der Waals surface area contributed by atoms with Crippen molar-refractivity contribution in [1.82, 2.24) is 9.97 Å². The molecule has 1 amide bonds. The summed E-state index contributed by atoms with van der Waals surface area (Å²) in [4.78, 5) is 31.6. The number of nitro benzene ring substituents is 1. The summed E-state index contributed by atoms with van der Waals surface area (Å²) in [5.74, 6) is -0.437. The fraction of sp³-hybridized carbons (Fsp3) is 0.0625.